The lowest BCUT2D eigenvalue weighted by molar-refractivity contribution is -0.127. The zero-order chi connectivity index (χ0) is 16.2. The van der Waals surface area contributed by atoms with Crippen molar-refractivity contribution < 1.29 is 4.79 Å². The van der Waals surface area contributed by atoms with E-state index in [0.29, 0.717) is 24.1 Å². The number of likely N-dealkylation sites (tertiary alicyclic amines) is 1. The molecule has 23 heavy (non-hydrogen) atoms. The standard InChI is InChI=1S/C17H26N4O2/c1-12-19-14(9-16(22)20-12)10-18-17(23)13-5-4-8-21(11-13)15-6-2-3-7-15/h9,13,15H,2-8,10-11H2,1H3,(H,18,23)(H,19,20,22)/t13-/m1/s1. The average molecular weight is 318 g/mol. The lowest BCUT2D eigenvalue weighted by Crippen LogP contribution is -2.46. The number of aromatic nitrogens is 2. The molecule has 1 aliphatic carbocycles. The highest BCUT2D eigenvalue weighted by Gasteiger charge is 2.30. The van der Waals surface area contributed by atoms with Crippen LogP contribution in [-0.4, -0.2) is 39.9 Å². The monoisotopic (exact) mass is 318 g/mol. The Labute approximate surface area is 136 Å². The lowest BCUT2D eigenvalue weighted by Gasteiger charge is -2.36. The second-order valence-corrected chi connectivity index (χ2v) is 6.81. The van der Waals surface area contributed by atoms with Crippen LogP contribution in [0.15, 0.2) is 10.9 Å². The first-order chi connectivity index (χ1) is 11.1. The van der Waals surface area contributed by atoms with Crippen molar-refractivity contribution in [2.75, 3.05) is 13.1 Å². The minimum absolute atomic E-state index is 0.0624. The molecule has 126 valence electrons. The van der Waals surface area contributed by atoms with Gasteiger partial charge in [0.25, 0.3) is 5.56 Å². The fourth-order valence-corrected chi connectivity index (χ4v) is 3.88. The van der Waals surface area contributed by atoms with Crippen LogP contribution in [-0.2, 0) is 11.3 Å². The average Bonchev–Trinajstić information content (AvgIpc) is 3.06. The Morgan fingerprint density at radius 3 is 2.87 bits per heavy atom. The Kier molecular flexibility index (Phi) is 5.10. The van der Waals surface area contributed by atoms with Gasteiger partial charge in [-0.1, -0.05) is 12.8 Å². The van der Waals surface area contributed by atoms with E-state index in [9.17, 15) is 9.59 Å². The number of nitrogens with zero attached hydrogens (tertiary/aromatic N) is 2. The summed E-state index contributed by atoms with van der Waals surface area (Å²) < 4.78 is 0. The number of carbonyl (C=O) groups is 1. The maximum absolute atomic E-state index is 12.5. The number of nitrogens with one attached hydrogen (secondary N) is 2. The third-order valence-corrected chi connectivity index (χ3v) is 5.02. The smallest absolute Gasteiger partial charge is 0.251 e. The van der Waals surface area contributed by atoms with E-state index < -0.39 is 0 Å². The summed E-state index contributed by atoms with van der Waals surface area (Å²) in [5.41, 5.74) is 0.440. The molecule has 2 heterocycles. The number of rotatable bonds is 4. The highest BCUT2D eigenvalue weighted by atomic mass is 16.2. The van der Waals surface area contributed by atoms with Gasteiger partial charge >= 0.3 is 0 Å². The normalized spacial score (nSPS) is 23.1. The third-order valence-electron chi connectivity index (χ3n) is 5.02. The van der Waals surface area contributed by atoms with Gasteiger partial charge in [0, 0.05) is 18.7 Å². The van der Waals surface area contributed by atoms with Gasteiger partial charge in [0.15, 0.2) is 0 Å². The van der Waals surface area contributed by atoms with E-state index in [1.54, 1.807) is 6.92 Å². The van der Waals surface area contributed by atoms with E-state index in [4.69, 9.17) is 0 Å². The van der Waals surface area contributed by atoms with Crippen LogP contribution in [0.5, 0.6) is 0 Å². The van der Waals surface area contributed by atoms with E-state index in [-0.39, 0.29) is 17.4 Å². The van der Waals surface area contributed by atoms with Gasteiger partial charge < -0.3 is 10.3 Å². The van der Waals surface area contributed by atoms with Crippen molar-refractivity contribution in [3.63, 3.8) is 0 Å². The molecule has 1 saturated carbocycles. The first kappa shape index (κ1) is 16.2. The number of carbonyl (C=O) groups excluding carboxylic acids is 1. The molecule has 1 atom stereocenters. The van der Waals surface area contributed by atoms with Gasteiger partial charge in [0.05, 0.1) is 18.2 Å². The molecule has 6 heteroatoms. The van der Waals surface area contributed by atoms with Crippen LogP contribution in [0.1, 0.15) is 50.0 Å². The predicted molar refractivity (Wildman–Crippen MR) is 88.0 cm³/mol. The first-order valence-electron chi connectivity index (χ1n) is 8.70. The number of piperidine rings is 1. The summed E-state index contributed by atoms with van der Waals surface area (Å²) in [5.74, 6) is 0.728. The zero-order valence-corrected chi connectivity index (χ0v) is 13.8. The molecule has 1 aliphatic heterocycles. The Morgan fingerprint density at radius 1 is 1.35 bits per heavy atom. The number of aryl methyl sites for hydroxylation is 1. The fourth-order valence-electron chi connectivity index (χ4n) is 3.88. The van der Waals surface area contributed by atoms with Crippen molar-refractivity contribution in [1.29, 1.82) is 0 Å². The Morgan fingerprint density at radius 2 is 2.13 bits per heavy atom. The number of hydrogen-bond donors (Lipinski definition) is 2. The molecule has 0 unspecified atom stereocenters. The first-order valence-corrected chi connectivity index (χ1v) is 8.70. The third kappa shape index (κ3) is 4.19. The molecule has 2 aliphatic rings. The molecule has 3 rings (SSSR count). The van der Waals surface area contributed by atoms with E-state index in [1.807, 2.05) is 0 Å². The van der Waals surface area contributed by atoms with Crippen LogP contribution in [0.2, 0.25) is 0 Å². The molecule has 2 N–H and O–H groups in total. The van der Waals surface area contributed by atoms with E-state index in [0.717, 1.165) is 25.9 Å². The minimum atomic E-state index is -0.174. The largest absolute Gasteiger partial charge is 0.350 e. The molecular formula is C17H26N4O2. The second kappa shape index (κ2) is 7.25. The number of H-pyrrole nitrogens is 1. The maximum Gasteiger partial charge on any atom is 0.251 e. The molecule has 0 spiro atoms. The quantitative estimate of drug-likeness (QED) is 0.878. The van der Waals surface area contributed by atoms with E-state index in [1.165, 1.54) is 31.7 Å². The van der Waals surface area contributed by atoms with Crippen molar-refractivity contribution in [2.24, 2.45) is 5.92 Å². The van der Waals surface area contributed by atoms with Gasteiger partial charge in [-0.05, 0) is 39.2 Å². The summed E-state index contributed by atoms with van der Waals surface area (Å²) >= 11 is 0. The molecule has 6 nitrogen and oxygen atoms in total. The van der Waals surface area contributed by atoms with E-state index >= 15 is 0 Å². The van der Waals surface area contributed by atoms with Gasteiger partial charge in [0.2, 0.25) is 5.91 Å². The van der Waals surface area contributed by atoms with Gasteiger partial charge in [-0.3, -0.25) is 14.5 Å². The Hall–Kier alpha value is -1.69. The predicted octanol–water partition coefficient (Wildman–Crippen LogP) is 1.35. The summed E-state index contributed by atoms with van der Waals surface area (Å²) in [6, 6.07) is 2.13. The van der Waals surface area contributed by atoms with Gasteiger partial charge in [-0.25, -0.2) is 4.98 Å². The highest BCUT2D eigenvalue weighted by molar-refractivity contribution is 5.78. The number of aromatic amines is 1. The van der Waals surface area contributed by atoms with E-state index in [2.05, 4.69) is 20.2 Å². The lowest BCUT2D eigenvalue weighted by atomic mass is 9.95. The van der Waals surface area contributed by atoms with Crippen LogP contribution in [0.25, 0.3) is 0 Å². The number of amides is 1. The van der Waals surface area contributed by atoms with Crippen LogP contribution in [0.4, 0.5) is 0 Å². The molecule has 1 aromatic rings. The topological polar surface area (TPSA) is 78.1 Å². The zero-order valence-electron chi connectivity index (χ0n) is 13.8. The van der Waals surface area contributed by atoms with Crippen LogP contribution in [0, 0.1) is 12.8 Å². The van der Waals surface area contributed by atoms with Gasteiger partial charge in [-0.15, -0.1) is 0 Å². The number of hydrogen-bond acceptors (Lipinski definition) is 4. The Bertz CT molecular complexity index is 607. The maximum atomic E-state index is 12.5. The molecular weight excluding hydrogens is 292 g/mol. The Balaban J connectivity index is 1.54. The molecule has 0 aromatic carbocycles. The van der Waals surface area contributed by atoms with Gasteiger partial charge in [-0.2, -0.15) is 0 Å². The van der Waals surface area contributed by atoms with Crippen LogP contribution in [0.3, 0.4) is 0 Å². The van der Waals surface area contributed by atoms with Crippen LogP contribution < -0.4 is 10.9 Å². The van der Waals surface area contributed by atoms with Crippen molar-refractivity contribution in [1.82, 2.24) is 20.2 Å². The summed E-state index contributed by atoms with van der Waals surface area (Å²) in [5, 5.41) is 2.95. The minimum Gasteiger partial charge on any atom is -0.350 e. The molecule has 1 aromatic heterocycles. The highest BCUT2D eigenvalue weighted by Crippen LogP contribution is 2.27. The second-order valence-electron chi connectivity index (χ2n) is 6.81. The fraction of sp³-hybridized carbons (Fsp3) is 0.706. The van der Waals surface area contributed by atoms with Crippen molar-refractivity contribution in [3.8, 4) is 0 Å². The summed E-state index contributed by atoms with van der Waals surface area (Å²) in [6.45, 7) is 4.07. The van der Waals surface area contributed by atoms with Gasteiger partial charge in [0.1, 0.15) is 5.82 Å². The molecule has 0 bridgehead atoms. The molecule has 2 fully saturated rings. The molecule has 1 amide bonds. The molecule has 0 radical (unpaired) electrons. The summed E-state index contributed by atoms with van der Waals surface area (Å²) in [4.78, 5) is 33.3. The summed E-state index contributed by atoms with van der Waals surface area (Å²) in [7, 11) is 0. The van der Waals surface area contributed by atoms with Crippen molar-refractivity contribution in [2.45, 2.75) is 58.0 Å². The summed E-state index contributed by atoms with van der Waals surface area (Å²) in [6.07, 6.45) is 7.26. The van der Waals surface area contributed by atoms with Crippen molar-refractivity contribution >= 4 is 5.91 Å². The van der Waals surface area contributed by atoms with Crippen LogP contribution >= 0.6 is 0 Å². The SMILES string of the molecule is Cc1nc(CNC(=O)[C@@H]2CCCN(C3CCCC3)C2)cc(=O)[nH]1. The van der Waals surface area contributed by atoms with Crippen molar-refractivity contribution in [3.05, 3.63) is 27.9 Å². The molecule has 1 saturated heterocycles.